The number of methoxy groups -OCH3 is 1. The van der Waals surface area contributed by atoms with Crippen molar-refractivity contribution in [2.45, 2.75) is 96.4 Å². The van der Waals surface area contributed by atoms with Crippen LogP contribution in [0.3, 0.4) is 0 Å². The van der Waals surface area contributed by atoms with Gasteiger partial charge in [0.25, 0.3) is 0 Å². The number of hydrogen-bond acceptors (Lipinski definition) is 4. The Labute approximate surface area is 158 Å². The third-order valence-corrected chi connectivity index (χ3v) is 5.06. The van der Waals surface area contributed by atoms with Crippen molar-refractivity contribution >= 4 is 6.09 Å². The van der Waals surface area contributed by atoms with Crippen LogP contribution in [-0.4, -0.2) is 47.0 Å². The zero-order valence-corrected chi connectivity index (χ0v) is 17.0. The molecule has 0 radical (unpaired) electrons. The molecule has 3 unspecified atom stereocenters. The highest BCUT2D eigenvalue weighted by atomic mass is 16.6. The summed E-state index contributed by atoms with van der Waals surface area (Å²) in [6.45, 7) is 7.69. The molecule has 1 aliphatic carbocycles. The Hall–Kier alpha value is -1.49. The van der Waals surface area contributed by atoms with Crippen molar-refractivity contribution in [2.75, 3.05) is 7.11 Å². The lowest BCUT2D eigenvalue weighted by Crippen LogP contribution is -2.48. The second kappa shape index (κ2) is 8.94. The summed E-state index contributed by atoms with van der Waals surface area (Å²) in [5, 5.41) is 10.6. The van der Waals surface area contributed by atoms with Crippen LogP contribution in [-0.2, 0) is 9.47 Å². The molecule has 5 heteroatoms. The highest BCUT2D eigenvalue weighted by Crippen LogP contribution is 2.34. The third-order valence-electron chi connectivity index (χ3n) is 5.06. The maximum absolute atomic E-state index is 12.9. The Morgan fingerprint density at radius 2 is 2.12 bits per heavy atom. The maximum Gasteiger partial charge on any atom is 0.410 e. The van der Waals surface area contributed by atoms with E-state index in [1.165, 1.54) is 5.57 Å². The zero-order chi connectivity index (χ0) is 19.3. The quantitative estimate of drug-likeness (QED) is 0.750. The van der Waals surface area contributed by atoms with Gasteiger partial charge < -0.3 is 14.6 Å². The van der Waals surface area contributed by atoms with Crippen molar-refractivity contribution in [2.24, 2.45) is 0 Å². The van der Waals surface area contributed by atoms with E-state index in [0.717, 1.165) is 44.3 Å². The lowest BCUT2D eigenvalue weighted by Gasteiger charge is -2.35. The van der Waals surface area contributed by atoms with E-state index in [1.807, 2.05) is 20.8 Å². The first-order valence-corrected chi connectivity index (χ1v) is 9.88. The number of carbonyl (C=O) groups is 1. The normalized spacial score (nSPS) is 24.8. The summed E-state index contributed by atoms with van der Waals surface area (Å²) in [4.78, 5) is 14.7. The van der Waals surface area contributed by atoms with Gasteiger partial charge in [-0.2, -0.15) is 0 Å². The van der Waals surface area contributed by atoms with Gasteiger partial charge in [-0.3, -0.25) is 4.90 Å². The highest BCUT2D eigenvalue weighted by molar-refractivity contribution is 5.69. The molecule has 0 aromatic carbocycles. The van der Waals surface area contributed by atoms with Crippen molar-refractivity contribution in [3.05, 3.63) is 23.5 Å². The number of nitrogens with zero attached hydrogens (tertiary/aromatic N) is 1. The van der Waals surface area contributed by atoms with Gasteiger partial charge in [-0.05, 0) is 64.5 Å². The number of likely N-dealkylation sites (tertiary alicyclic amines) is 1. The molecule has 1 fully saturated rings. The summed E-state index contributed by atoms with van der Waals surface area (Å²) in [5.74, 6) is 0.992. The topological polar surface area (TPSA) is 59.0 Å². The van der Waals surface area contributed by atoms with Crippen molar-refractivity contribution < 1.29 is 19.4 Å². The van der Waals surface area contributed by atoms with Crippen LogP contribution in [0, 0.1) is 0 Å². The predicted molar refractivity (Wildman–Crippen MR) is 103 cm³/mol. The number of aliphatic hydroxyl groups is 1. The third kappa shape index (κ3) is 5.50. The van der Waals surface area contributed by atoms with Gasteiger partial charge in [0, 0.05) is 12.5 Å². The number of aliphatic hydroxyl groups excluding tert-OH is 1. The van der Waals surface area contributed by atoms with Gasteiger partial charge in [0.2, 0.25) is 0 Å². The number of amides is 1. The predicted octanol–water partition coefficient (Wildman–Crippen LogP) is 4.56. The van der Waals surface area contributed by atoms with Gasteiger partial charge in [-0.15, -0.1) is 0 Å². The molecule has 1 amide bonds. The first-order chi connectivity index (χ1) is 12.2. The van der Waals surface area contributed by atoms with E-state index in [1.54, 1.807) is 12.0 Å². The van der Waals surface area contributed by atoms with E-state index in [4.69, 9.17) is 9.47 Å². The number of hydrogen-bond donors (Lipinski definition) is 1. The average Bonchev–Trinajstić information content (AvgIpc) is 2.97. The standard InChI is InChI=1S/C21H35NO4/c1-6-8-19(23)18-12-11-16(22(18)20(24)26-21(2,3)4)13-15-9-7-10-17(14-15)25-5/h9,14,16,18-19,23H,6-8,10-13H2,1-5H3. The summed E-state index contributed by atoms with van der Waals surface area (Å²) in [5.41, 5.74) is 0.662. The SMILES string of the molecule is CCCC(O)C1CCC(CC2=CCCC(OC)=C2)N1C(=O)OC(C)(C)C. The van der Waals surface area contributed by atoms with Crippen LogP contribution in [0.4, 0.5) is 4.79 Å². The molecular weight excluding hydrogens is 330 g/mol. The molecule has 0 aromatic rings. The van der Waals surface area contributed by atoms with Crippen LogP contribution in [0.1, 0.15) is 72.6 Å². The number of allylic oxidation sites excluding steroid dienone is 3. The molecule has 0 spiro atoms. The Balaban J connectivity index is 2.16. The summed E-state index contributed by atoms with van der Waals surface area (Å²) in [6, 6.07) is -0.107. The molecule has 5 nitrogen and oxygen atoms in total. The molecule has 0 saturated carbocycles. The highest BCUT2D eigenvalue weighted by Gasteiger charge is 2.42. The van der Waals surface area contributed by atoms with Crippen molar-refractivity contribution in [3.8, 4) is 0 Å². The van der Waals surface area contributed by atoms with Crippen LogP contribution >= 0.6 is 0 Å². The van der Waals surface area contributed by atoms with Crippen molar-refractivity contribution in [3.63, 3.8) is 0 Å². The van der Waals surface area contributed by atoms with E-state index < -0.39 is 11.7 Å². The van der Waals surface area contributed by atoms with Crippen molar-refractivity contribution in [1.82, 2.24) is 4.90 Å². The molecule has 148 valence electrons. The van der Waals surface area contributed by atoms with Crippen LogP contribution < -0.4 is 0 Å². The van der Waals surface area contributed by atoms with Crippen LogP contribution in [0.2, 0.25) is 0 Å². The van der Waals surface area contributed by atoms with Gasteiger partial charge in [0.05, 0.1) is 25.0 Å². The van der Waals surface area contributed by atoms with Gasteiger partial charge in [0.15, 0.2) is 0 Å². The van der Waals surface area contributed by atoms with Gasteiger partial charge in [-0.1, -0.05) is 19.4 Å². The first-order valence-electron chi connectivity index (χ1n) is 9.88. The Morgan fingerprint density at radius 3 is 2.73 bits per heavy atom. The summed E-state index contributed by atoms with van der Waals surface area (Å²) in [6.07, 6.45) is 9.49. The van der Waals surface area contributed by atoms with Gasteiger partial charge >= 0.3 is 6.09 Å². The minimum atomic E-state index is -0.544. The van der Waals surface area contributed by atoms with E-state index >= 15 is 0 Å². The smallest absolute Gasteiger partial charge is 0.410 e. The number of ether oxygens (including phenoxy) is 2. The average molecular weight is 366 g/mol. The Bertz CT molecular complexity index is 547. The van der Waals surface area contributed by atoms with Crippen LogP contribution in [0.15, 0.2) is 23.5 Å². The fourth-order valence-corrected chi connectivity index (χ4v) is 3.89. The van der Waals surface area contributed by atoms with Gasteiger partial charge in [-0.25, -0.2) is 4.79 Å². The lowest BCUT2D eigenvalue weighted by molar-refractivity contribution is -0.00548. The molecule has 0 aromatic heterocycles. The molecule has 1 saturated heterocycles. The summed E-state index contributed by atoms with van der Waals surface area (Å²) in [7, 11) is 1.70. The molecular formula is C21H35NO4. The molecule has 2 rings (SSSR count). The van der Waals surface area contributed by atoms with E-state index in [9.17, 15) is 9.90 Å². The van der Waals surface area contributed by atoms with Crippen LogP contribution in [0.25, 0.3) is 0 Å². The second-order valence-electron chi connectivity index (χ2n) is 8.38. The number of carbonyl (C=O) groups excluding carboxylic acids is 1. The molecule has 1 heterocycles. The largest absolute Gasteiger partial charge is 0.501 e. The first kappa shape index (κ1) is 20.8. The molecule has 1 N–H and O–H groups in total. The van der Waals surface area contributed by atoms with Gasteiger partial charge in [0.1, 0.15) is 5.60 Å². The lowest BCUT2D eigenvalue weighted by atomic mass is 9.98. The molecule has 1 aliphatic heterocycles. The summed E-state index contributed by atoms with van der Waals surface area (Å²) >= 11 is 0. The fraction of sp³-hybridized carbons (Fsp3) is 0.762. The molecule has 0 bridgehead atoms. The Morgan fingerprint density at radius 1 is 1.38 bits per heavy atom. The van der Waals surface area contributed by atoms with E-state index in [0.29, 0.717) is 6.42 Å². The summed E-state index contributed by atoms with van der Waals surface area (Å²) < 4.78 is 11.1. The maximum atomic E-state index is 12.9. The minimum Gasteiger partial charge on any atom is -0.501 e. The molecule has 26 heavy (non-hydrogen) atoms. The Kier molecular flexibility index (Phi) is 7.16. The second-order valence-corrected chi connectivity index (χ2v) is 8.38. The minimum absolute atomic E-state index is 0.0556. The molecule has 2 aliphatic rings. The van der Waals surface area contributed by atoms with E-state index in [2.05, 4.69) is 19.1 Å². The molecule has 3 atom stereocenters. The van der Waals surface area contributed by atoms with Crippen LogP contribution in [0.5, 0.6) is 0 Å². The monoisotopic (exact) mass is 365 g/mol. The van der Waals surface area contributed by atoms with Crippen molar-refractivity contribution in [1.29, 1.82) is 0 Å². The van der Waals surface area contributed by atoms with E-state index in [-0.39, 0.29) is 18.2 Å². The fourth-order valence-electron chi connectivity index (χ4n) is 3.89. The number of rotatable bonds is 6. The zero-order valence-electron chi connectivity index (χ0n) is 17.0.